The largest absolute Gasteiger partial charge is 0.381 e. The summed E-state index contributed by atoms with van der Waals surface area (Å²) in [5.41, 5.74) is 0. The van der Waals surface area contributed by atoms with Gasteiger partial charge >= 0.3 is 0 Å². The maximum atomic E-state index is 11.8. The fourth-order valence-corrected chi connectivity index (χ4v) is 2.59. The van der Waals surface area contributed by atoms with Crippen molar-refractivity contribution in [1.29, 1.82) is 0 Å². The number of amides is 1. The molecule has 0 heterocycles. The van der Waals surface area contributed by atoms with Crippen molar-refractivity contribution in [2.24, 2.45) is 10.9 Å². The molecule has 0 saturated heterocycles. The highest BCUT2D eigenvalue weighted by Gasteiger charge is 2.16. The average Bonchev–Trinajstić information content (AvgIpc) is 3.01. The van der Waals surface area contributed by atoms with Crippen LogP contribution in [-0.4, -0.2) is 51.3 Å². The van der Waals surface area contributed by atoms with E-state index in [1.54, 1.807) is 7.05 Å². The van der Waals surface area contributed by atoms with Crippen molar-refractivity contribution in [3.63, 3.8) is 0 Å². The Balaban J connectivity index is 2.01. The van der Waals surface area contributed by atoms with E-state index >= 15 is 0 Å². The highest BCUT2D eigenvalue weighted by molar-refractivity contribution is 5.81. The molecule has 0 atom stereocenters. The second-order valence-corrected chi connectivity index (χ2v) is 6.55. The van der Waals surface area contributed by atoms with Crippen molar-refractivity contribution in [1.82, 2.24) is 16.0 Å². The summed E-state index contributed by atoms with van der Waals surface area (Å²) in [4.78, 5) is 16.0. The summed E-state index contributed by atoms with van der Waals surface area (Å²) in [5.74, 6) is 1.44. The molecule has 1 amide bonds. The molecule has 0 aliphatic heterocycles. The summed E-state index contributed by atoms with van der Waals surface area (Å²) < 4.78 is 5.53. The minimum atomic E-state index is 0.127. The summed E-state index contributed by atoms with van der Waals surface area (Å²) in [5, 5.41) is 9.49. The standard InChI is InChI=1S/C17H34N4O2/c1-14(2)13-23-12-6-10-19-17(18-3)20-11-9-16(22)21-15-7-4-5-8-15/h14-15H,4-13H2,1-3H3,(H,21,22)(H2,18,19,20). The lowest BCUT2D eigenvalue weighted by atomic mass is 10.2. The molecule has 0 spiro atoms. The Bertz CT molecular complexity index is 353. The van der Waals surface area contributed by atoms with Crippen LogP contribution in [0.4, 0.5) is 0 Å². The molecule has 3 N–H and O–H groups in total. The van der Waals surface area contributed by atoms with Gasteiger partial charge in [0.1, 0.15) is 0 Å². The van der Waals surface area contributed by atoms with Gasteiger partial charge in [-0.1, -0.05) is 26.7 Å². The Hall–Kier alpha value is -1.30. The normalized spacial score (nSPS) is 15.9. The lowest BCUT2D eigenvalue weighted by Crippen LogP contribution is -2.40. The first-order valence-electron chi connectivity index (χ1n) is 8.93. The molecule has 0 radical (unpaired) electrons. The van der Waals surface area contributed by atoms with Crippen molar-refractivity contribution in [2.75, 3.05) is 33.4 Å². The van der Waals surface area contributed by atoms with Crippen LogP contribution < -0.4 is 16.0 Å². The van der Waals surface area contributed by atoms with Crippen molar-refractivity contribution in [3.8, 4) is 0 Å². The summed E-state index contributed by atoms with van der Waals surface area (Å²) in [6.07, 6.45) is 6.15. The van der Waals surface area contributed by atoms with Crippen molar-refractivity contribution in [2.45, 2.75) is 58.4 Å². The molecule has 23 heavy (non-hydrogen) atoms. The van der Waals surface area contributed by atoms with E-state index in [2.05, 4.69) is 34.8 Å². The highest BCUT2D eigenvalue weighted by atomic mass is 16.5. The molecular formula is C17H34N4O2. The van der Waals surface area contributed by atoms with Gasteiger partial charge in [0, 0.05) is 45.8 Å². The van der Waals surface area contributed by atoms with Gasteiger partial charge in [-0.2, -0.15) is 0 Å². The molecule has 1 fully saturated rings. The summed E-state index contributed by atoms with van der Waals surface area (Å²) >= 11 is 0. The molecule has 1 saturated carbocycles. The summed E-state index contributed by atoms with van der Waals surface area (Å²) in [6.45, 7) is 7.27. The number of nitrogens with zero attached hydrogens (tertiary/aromatic N) is 1. The number of nitrogens with one attached hydrogen (secondary N) is 3. The monoisotopic (exact) mass is 326 g/mol. The van der Waals surface area contributed by atoms with Crippen LogP contribution in [0, 0.1) is 5.92 Å². The van der Waals surface area contributed by atoms with Crippen LogP contribution in [0.1, 0.15) is 52.4 Å². The Morgan fingerprint density at radius 2 is 1.91 bits per heavy atom. The van der Waals surface area contributed by atoms with Gasteiger partial charge in [-0.3, -0.25) is 9.79 Å². The van der Waals surface area contributed by atoms with Gasteiger partial charge in [0.2, 0.25) is 5.91 Å². The Labute approximate surface area is 140 Å². The van der Waals surface area contributed by atoms with E-state index in [0.29, 0.717) is 24.9 Å². The Kier molecular flexibility index (Phi) is 10.4. The number of ether oxygens (including phenoxy) is 1. The third-order valence-electron chi connectivity index (χ3n) is 3.80. The van der Waals surface area contributed by atoms with Gasteiger partial charge in [-0.15, -0.1) is 0 Å². The van der Waals surface area contributed by atoms with Gasteiger partial charge in [0.05, 0.1) is 0 Å². The number of carbonyl (C=O) groups is 1. The smallest absolute Gasteiger partial charge is 0.221 e. The van der Waals surface area contributed by atoms with Crippen LogP contribution in [0.2, 0.25) is 0 Å². The zero-order chi connectivity index (χ0) is 16.9. The van der Waals surface area contributed by atoms with Crippen molar-refractivity contribution < 1.29 is 9.53 Å². The van der Waals surface area contributed by atoms with Crippen molar-refractivity contribution >= 4 is 11.9 Å². The van der Waals surface area contributed by atoms with Crippen LogP contribution in [0.3, 0.4) is 0 Å². The van der Waals surface area contributed by atoms with E-state index in [-0.39, 0.29) is 5.91 Å². The van der Waals surface area contributed by atoms with Crippen LogP contribution in [0.5, 0.6) is 0 Å². The lowest BCUT2D eigenvalue weighted by molar-refractivity contribution is -0.121. The molecule has 1 aliphatic rings. The van der Waals surface area contributed by atoms with E-state index in [9.17, 15) is 4.79 Å². The third-order valence-corrected chi connectivity index (χ3v) is 3.80. The van der Waals surface area contributed by atoms with Crippen LogP contribution in [0.25, 0.3) is 0 Å². The van der Waals surface area contributed by atoms with Gasteiger partial charge in [-0.05, 0) is 25.2 Å². The first kappa shape index (κ1) is 19.7. The second kappa shape index (κ2) is 12.2. The van der Waals surface area contributed by atoms with Crippen molar-refractivity contribution in [3.05, 3.63) is 0 Å². The zero-order valence-corrected chi connectivity index (χ0v) is 15.0. The average molecular weight is 326 g/mol. The minimum absolute atomic E-state index is 0.127. The van der Waals surface area contributed by atoms with Gasteiger partial charge in [0.25, 0.3) is 0 Å². The van der Waals surface area contributed by atoms with E-state index in [0.717, 1.165) is 45.0 Å². The van der Waals surface area contributed by atoms with Crippen LogP contribution >= 0.6 is 0 Å². The summed E-state index contributed by atoms with van der Waals surface area (Å²) in [6, 6.07) is 0.394. The van der Waals surface area contributed by atoms with E-state index in [1.165, 1.54) is 12.8 Å². The molecule has 0 aromatic heterocycles. The molecule has 134 valence electrons. The SMILES string of the molecule is CN=C(NCCCOCC(C)C)NCCC(=O)NC1CCCC1. The molecule has 1 aliphatic carbocycles. The predicted molar refractivity (Wildman–Crippen MR) is 94.7 cm³/mol. The Morgan fingerprint density at radius 3 is 2.57 bits per heavy atom. The maximum absolute atomic E-state index is 11.8. The fourth-order valence-electron chi connectivity index (χ4n) is 2.59. The molecule has 0 unspecified atom stereocenters. The molecule has 0 aromatic rings. The number of aliphatic imine (C=N–C) groups is 1. The van der Waals surface area contributed by atoms with Gasteiger partial charge < -0.3 is 20.7 Å². The third kappa shape index (κ3) is 10.2. The number of hydrogen-bond acceptors (Lipinski definition) is 3. The maximum Gasteiger partial charge on any atom is 0.221 e. The Morgan fingerprint density at radius 1 is 1.22 bits per heavy atom. The number of hydrogen-bond donors (Lipinski definition) is 3. The fraction of sp³-hybridized carbons (Fsp3) is 0.882. The number of rotatable bonds is 10. The molecule has 1 rings (SSSR count). The first-order valence-corrected chi connectivity index (χ1v) is 8.93. The van der Waals surface area contributed by atoms with E-state index in [4.69, 9.17) is 4.74 Å². The summed E-state index contributed by atoms with van der Waals surface area (Å²) in [7, 11) is 1.74. The number of guanidine groups is 1. The zero-order valence-electron chi connectivity index (χ0n) is 15.0. The van der Waals surface area contributed by atoms with Gasteiger partial charge in [-0.25, -0.2) is 0 Å². The predicted octanol–water partition coefficient (Wildman–Crippen LogP) is 1.66. The quantitative estimate of drug-likeness (QED) is 0.324. The molecule has 0 bridgehead atoms. The lowest BCUT2D eigenvalue weighted by Gasteiger charge is -2.14. The first-order chi connectivity index (χ1) is 11.1. The van der Waals surface area contributed by atoms with Gasteiger partial charge in [0.15, 0.2) is 5.96 Å². The highest BCUT2D eigenvalue weighted by Crippen LogP contribution is 2.17. The van der Waals surface area contributed by atoms with Crippen LogP contribution in [-0.2, 0) is 9.53 Å². The topological polar surface area (TPSA) is 74.8 Å². The molecular weight excluding hydrogens is 292 g/mol. The second-order valence-electron chi connectivity index (χ2n) is 6.55. The van der Waals surface area contributed by atoms with E-state index in [1.807, 2.05) is 0 Å². The number of carbonyl (C=O) groups excluding carboxylic acids is 1. The van der Waals surface area contributed by atoms with E-state index < -0.39 is 0 Å². The molecule has 0 aromatic carbocycles. The van der Waals surface area contributed by atoms with Crippen LogP contribution in [0.15, 0.2) is 4.99 Å². The molecule has 6 heteroatoms. The minimum Gasteiger partial charge on any atom is -0.381 e. The molecule has 6 nitrogen and oxygen atoms in total.